The van der Waals surface area contributed by atoms with Gasteiger partial charge in [0.2, 0.25) is 0 Å². The number of fused-ring (bicyclic) bond motifs is 4. The first kappa shape index (κ1) is 19.3. The van der Waals surface area contributed by atoms with E-state index < -0.39 is 23.7 Å². The Morgan fingerprint density at radius 1 is 1.23 bits per heavy atom. The maximum absolute atomic E-state index is 13.1. The fraction of sp³-hybridized carbons (Fsp3) is 0.227. The van der Waals surface area contributed by atoms with Crippen LogP contribution in [0, 0.1) is 6.92 Å². The van der Waals surface area contributed by atoms with Gasteiger partial charge in [-0.15, -0.1) is 0 Å². The van der Waals surface area contributed by atoms with Crippen molar-refractivity contribution in [1.82, 2.24) is 20.1 Å². The van der Waals surface area contributed by atoms with Crippen molar-refractivity contribution in [3.05, 3.63) is 65.0 Å². The van der Waals surface area contributed by atoms with E-state index in [1.54, 1.807) is 11.7 Å². The molecule has 0 saturated carbocycles. The molecule has 4 aromatic rings. The average molecular weight is 426 g/mol. The first-order valence-electron chi connectivity index (χ1n) is 9.61. The average Bonchev–Trinajstić information content (AvgIpc) is 3.29. The van der Waals surface area contributed by atoms with E-state index >= 15 is 0 Å². The summed E-state index contributed by atoms with van der Waals surface area (Å²) in [6.45, 7) is 1.87. The molecule has 6 nitrogen and oxygen atoms in total. The summed E-state index contributed by atoms with van der Waals surface area (Å²) >= 11 is 0. The number of pyridine rings is 1. The van der Waals surface area contributed by atoms with Gasteiger partial charge in [-0.1, -0.05) is 24.3 Å². The molecule has 158 valence electrons. The third kappa shape index (κ3) is 3.08. The van der Waals surface area contributed by atoms with Gasteiger partial charge in [0, 0.05) is 23.7 Å². The summed E-state index contributed by atoms with van der Waals surface area (Å²) in [5, 5.41) is 8.79. The third-order valence-electron chi connectivity index (χ3n) is 5.50. The van der Waals surface area contributed by atoms with Gasteiger partial charge in [0.25, 0.3) is 5.91 Å². The molecule has 1 aliphatic heterocycles. The Labute approximate surface area is 174 Å². The van der Waals surface area contributed by atoms with Gasteiger partial charge in [-0.25, -0.2) is 0 Å². The van der Waals surface area contributed by atoms with E-state index in [1.807, 2.05) is 31.2 Å². The molecule has 1 amide bonds. The molecule has 1 atom stereocenters. The van der Waals surface area contributed by atoms with Gasteiger partial charge in [0.1, 0.15) is 12.4 Å². The summed E-state index contributed by atoms with van der Waals surface area (Å²) in [6.07, 6.45) is -4.46. The van der Waals surface area contributed by atoms with Crippen LogP contribution < -0.4 is 10.1 Å². The minimum Gasteiger partial charge on any atom is -0.491 e. The molecule has 31 heavy (non-hydrogen) atoms. The summed E-state index contributed by atoms with van der Waals surface area (Å²) in [4.78, 5) is 17.7. The predicted molar refractivity (Wildman–Crippen MR) is 108 cm³/mol. The normalized spacial score (nSPS) is 15.8. The van der Waals surface area contributed by atoms with E-state index in [2.05, 4.69) is 15.4 Å². The number of nitrogens with one attached hydrogen (secondary N) is 1. The first-order valence-corrected chi connectivity index (χ1v) is 9.61. The van der Waals surface area contributed by atoms with Crippen molar-refractivity contribution in [2.45, 2.75) is 19.1 Å². The van der Waals surface area contributed by atoms with Crippen molar-refractivity contribution in [3.63, 3.8) is 0 Å². The Hall–Kier alpha value is -3.62. The van der Waals surface area contributed by atoms with Crippen LogP contribution in [0.15, 0.2) is 42.5 Å². The van der Waals surface area contributed by atoms with Gasteiger partial charge in [-0.2, -0.15) is 18.3 Å². The van der Waals surface area contributed by atoms with Crippen LogP contribution in [0.5, 0.6) is 5.75 Å². The van der Waals surface area contributed by atoms with Crippen molar-refractivity contribution in [2.75, 3.05) is 6.61 Å². The molecule has 2 aromatic carbocycles. The zero-order valence-electron chi connectivity index (χ0n) is 16.6. The highest BCUT2D eigenvalue weighted by molar-refractivity contribution is 6.13. The van der Waals surface area contributed by atoms with Crippen molar-refractivity contribution >= 4 is 27.7 Å². The summed E-state index contributed by atoms with van der Waals surface area (Å²) < 4.78 is 45.9. The minimum absolute atomic E-state index is 0.0489. The van der Waals surface area contributed by atoms with Crippen LogP contribution in [0.3, 0.4) is 0 Å². The number of hydrogen-bond donors (Lipinski definition) is 1. The molecule has 0 aliphatic carbocycles. The SMILES string of the molecule is Cc1nc2ccccc2c2c1c(C(=O)N[C@@H]1COc3cc(C(F)(F)F)ccc31)nn2C. The summed E-state index contributed by atoms with van der Waals surface area (Å²) in [6, 6.07) is 10.3. The molecule has 0 radical (unpaired) electrons. The maximum Gasteiger partial charge on any atom is 0.416 e. The summed E-state index contributed by atoms with van der Waals surface area (Å²) in [7, 11) is 1.76. The van der Waals surface area contributed by atoms with Crippen LogP contribution in [-0.2, 0) is 13.2 Å². The molecule has 3 heterocycles. The summed E-state index contributed by atoms with van der Waals surface area (Å²) in [5.41, 5.74) is 2.20. The number of carbonyl (C=O) groups excluding carboxylic acids is 1. The second-order valence-electron chi connectivity index (χ2n) is 7.50. The van der Waals surface area contributed by atoms with Crippen LogP contribution in [0.4, 0.5) is 13.2 Å². The van der Waals surface area contributed by atoms with Crippen LogP contribution in [0.2, 0.25) is 0 Å². The van der Waals surface area contributed by atoms with E-state index in [1.165, 1.54) is 6.07 Å². The number of alkyl halides is 3. The van der Waals surface area contributed by atoms with E-state index in [4.69, 9.17) is 4.74 Å². The highest BCUT2D eigenvalue weighted by Gasteiger charge is 2.34. The fourth-order valence-corrected chi connectivity index (χ4v) is 4.08. The molecule has 0 saturated heterocycles. The highest BCUT2D eigenvalue weighted by atomic mass is 19.4. The molecule has 1 N–H and O–H groups in total. The predicted octanol–water partition coefficient (Wildman–Crippen LogP) is 4.31. The summed E-state index contributed by atoms with van der Waals surface area (Å²) in [5.74, 6) is -0.318. The lowest BCUT2D eigenvalue weighted by molar-refractivity contribution is -0.137. The van der Waals surface area contributed by atoms with E-state index in [-0.39, 0.29) is 18.1 Å². The number of aryl methyl sites for hydroxylation is 2. The van der Waals surface area contributed by atoms with Gasteiger partial charge in [0.15, 0.2) is 5.69 Å². The number of nitrogens with zero attached hydrogens (tertiary/aromatic N) is 3. The van der Waals surface area contributed by atoms with E-state index in [0.29, 0.717) is 16.6 Å². The molecule has 1 aliphatic rings. The lowest BCUT2D eigenvalue weighted by Gasteiger charge is -2.12. The smallest absolute Gasteiger partial charge is 0.416 e. The van der Waals surface area contributed by atoms with Gasteiger partial charge in [-0.3, -0.25) is 14.5 Å². The zero-order valence-corrected chi connectivity index (χ0v) is 16.6. The maximum atomic E-state index is 13.1. The molecule has 0 unspecified atom stereocenters. The molecular weight excluding hydrogens is 409 g/mol. The van der Waals surface area contributed by atoms with Gasteiger partial charge < -0.3 is 10.1 Å². The molecule has 2 aromatic heterocycles. The molecule has 0 bridgehead atoms. The number of aromatic nitrogens is 3. The quantitative estimate of drug-likeness (QED) is 0.519. The lowest BCUT2D eigenvalue weighted by atomic mass is 10.0. The van der Waals surface area contributed by atoms with Gasteiger partial charge in [0.05, 0.1) is 28.0 Å². The zero-order chi connectivity index (χ0) is 21.9. The first-order chi connectivity index (χ1) is 14.7. The van der Waals surface area contributed by atoms with E-state index in [0.717, 1.165) is 28.6 Å². The number of para-hydroxylation sites is 1. The minimum atomic E-state index is -4.46. The Kier molecular flexibility index (Phi) is 4.18. The molecule has 0 spiro atoms. The van der Waals surface area contributed by atoms with Crippen LogP contribution in [-0.4, -0.2) is 27.3 Å². The highest BCUT2D eigenvalue weighted by Crippen LogP contribution is 2.38. The topological polar surface area (TPSA) is 69.0 Å². The molecule has 5 rings (SSSR count). The number of rotatable bonds is 2. The largest absolute Gasteiger partial charge is 0.491 e. The van der Waals surface area contributed by atoms with Gasteiger partial charge in [-0.05, 0) is 25.1 Å². The number of halogens is 3. The van der Waals surface area contributed by atoms with Crippen LogP contribution in [0.1, 0.15) is 33.4 Å². The third-order valence-corrected chi connectivity index (χ3v) is 5.50. The van der Waals surface area contributed by atoms with Crippen molar-refractivity contribution in [3.8, 4) is 5.75 Å². The lowest BCUT2D eigenvalue weighted by Crippen LogP contribution is -2.30. The Morgan fingerprint density at radius 3 is 2.77 bits per heavy atom. The van der Waals surface area contributed by atoms with E-state index in [9.17, 15) is 18.0 Å². The van der Waals surface area contributed by atoms with Crippen LogP contribution in [0.25, 0.3) is 21.8 Å². The monoisotopic (exact) mass is 426 g/mol. The Bertz CT molecular complexity index is 1360. The second-order valence-corrected chi connectivity index (χ2v) is 7.50. The van der Waals surface area contributed by atoms with Crippen molar-refractivity contribution in [2.24, 2.45) is 7.05 Å². The van der Waals surface area contributed by atoms with Crippen LogP contribution >= 0.6 is 0 Å². The fourth-order valence-electron chi connectivity index (χ4n) is 4.08. The molecular formula is C22H17F3N4O2. The Balaban J connectivity index is 1.51. The number of carbonyl (C=O) groups is 1. The standard InChI is InChI=1S/C22H17F3N4O2/c1-11-18-19(28-29(2)20(18)14-5-3-4-6-15(14)26-11)21(30)27-16-10-31-17-9-12(22(23,24)25)7-8-13(16)17/h3-9,16H,10H2,1-2H3,(H,27,30)/t16-/m1/s1. The van der Waals surface area contributed by atoms with Crippen molar-refractivity contribution < 1.29 is 22.7 Å². The Morgan fingerprint density at radius 2 is 2.00 bits per heavy atom. The number of benzene rings is 2. The molecule has 9 heteroatoms. The number of hydrogen-bond acceptors (Lipinski definition) is 4. The molecule has 0 fully saturated rings. The van der Waals surface area contributed by atoms with Gasteiger partial charge >= 0.3 is 6.18 Å². The van der Waals surface area contributed by atoms with Crippen molar-refractivity contribution in [1.29, 1.82) is 0 Å². The number of ether oxygens (including phenoxy) is 1. The number of amides is 1. The second kappa shape index (κ2) is 6.69.